The van der Waals surface area contributed by atoms with Gasteiger partial charge in [0.1, 0.15) is 12.4 Å². The van der Waals surface area contributed by atoms with Gasteiger partial charge in [-0.3, -0.25) is 9.69 Å². The number of rotatable bonds is 7. The highest BCUT2D eigenvalue weighted by Crippen LogP contribution is 2.24. The van der Waals surface area contributed by atoms with Crippen molar-refractivity contribution in [2.45, 2.75) is 26.5 Å². The molecule has 0 spiro atoms. The van der Waals surface area contributed by atoms with E-state index in [1.807, 2.05) is 18.3 Å². The van der Waals surface area contributed by atoms with Gasteiger partial charge in [0.05, 0.1) is 11.6 Å². The van der Waals surface area contributed by atoms with Crippen molar-refractivity contribution in [1.82, 2.24) is 14.9 Å². The third-order valence-corrected chi connectivity index (χ3v) is 5.47. The van der Waals surface area contributed by atoms with Crippen LogP contribution in [0.15, 0.2) is 48.7 Å². The number of aliphatic carboxylic acids is 1. The first-order valence-corrected chi connectivity index (χ1v) is 10.4. The third-order valence-electron chi connectivity index (χ3n) is 5.47. The standard InChI is InChI=1S/C24H23F2N3O3/c1-15(24(30)31)12-29-9-8-22-18(13-29)11-27-23(28-22)17-3-5-19(6-4-17)32-14-16-2-7-20(25)21(26)10-16/h2-7,10-11,15H,8-9,12-14H2,1H3,(H,30,31). The van der Waals surface area contributed by atoms with Crippen LogP contribution in [0.3, 0.4) is 0 Å². The van der Waals surface area contributed by atoms with Gasteiger partial charge in [-0.1, -0.05) is 13.0 Å². The molecule has 1 atom stereocenters. The minimum atomic E-state index is -0.898. The van der Waals surface area contributed by atoms with E-state index in [4.69, 9.17) is 14.8 Å². The summed E-state index contributed by atoms with van der Waals surface area (Å²) in [6.45, 7) is 3.75. The molecule has 1 aliphatic rings. The fraction of sp³-hybridized carbons (Fsp3) is 0.292. The Bertz CT molecular complexity index is 1120. The zero-order valence-corrected chi connectivity index (χ0v) is 17.6. The van der Waals surface area contributed by atoms with Gasteiger partial charge in [-0.2, -0.15) is 0 Å². The molecule has 8 heteroatoms. The van der Waals surface area contributed by atoms with E-state index in [1.54, 1.807) is 19.1 Å². The summed E-state index contributed by atoms with van der Waals surface area (Å²) >= 11 is 0. The normalized spacial score (nSPS) is 14.6. The fourth-order valence-electron chi connectivity index (χ4n) is 3.63. The molecular weight excluding hydrogens is 416 g/mol. The second-order valence-corrected chi connectivity index (χ2v) is 7.95. The van der Waals surface area contributed by atoms with E-state index in [-0.39, 0.29) is 6.61 Å². The Balaban J connectivity index is 1.39. The SMILES string of the molecule is CC(CN1CCc2nc(-c3ccc(OCc4ccc(F)c(F)c4)cc3)ncc2C1)C(=O)O. The molecule has 0 bridgehead atoms. The number of carbonyl (C=O) groups is 1. The average Bonchev–Trinajstić information content (AvgIpc) is 2.80. The van der Waals surface area contributed by atoms with E-state index in [0.717, 1.165) is 41.9 Å². The van der Waals surface area contributed by atoms with Crippen LogP contribution in [0.2, 0.25) is 0 Å². The molecule has 0 saturated heterocycles. The summed E-state index contributed by atoms with van der Waals surface area (Å²) in [6.07, 6.45) is 2.55. The number of aromatic nitrogens is 2. The van der Waals surface area contributed by atoms with Gasteiger partial charge in [0.2, 0.25) is 0 Å². The molecule has 4 rings (SSSR count). The van der Waals surface area contributed by atoms with Gasteiger partial charge < -0.3 is 9.84 Å². The van der Waals surface area contributed by atoms with Crippen molar-refractivity contribution in [2.24, 2.45) is 5.92 Å². The second kappa shape index (κ2) is 9.40. The molecule has 1 aliphatic heterocycles. The average molecular weight is 439 g/mol. The van der Waals surface area contributed by atoms with Gasteiger partial charge in [-0.15, -0.1) is 0 Å². The first-order valence-electron chi connectivity index (χ1n) is 10.4. The van der Waals surface area contributed by atoms with Gasteiger partial charge in [-0.05, 0) is 42.0 Å². The summed E-state index contributed by atoms with van der Waals surface area (Å²) in [7, 11) is 0. The lowest BCUT2D eigenvalue weighted by Crippen LogP contribution is -2.36. The number of benzene rings is 2. The lowest BCUT2D eigenvalue weighted by atomic mass is 10.0. The molecule has 0 fully saturated rings. The summed E-state index contributed by atoms with van der Waals surface area (Å²) in [4.78, 5) is 22.4. The number of nitrogens with zero attached hydrogens (tertiary/aromatic N) is 3. The van der Waals surface area contributed by atoms with Crippen molar-refractivity contribution in [3.8, 4) is 17.1 Å². The maximum absolute atomic E-state index is 13.3. The molecular formula is C24H23F2N3O3. The van der Waals surface area contributed by atoms with E-state index >= 15 is 0 Å². The summed E-state index contributed by atoms with van der Waals surface area (Å²) < 4.78 is 32.0. The maximum atomic E-state index is 13.3. The number of carboxylic acids is 1. The van der Waals surface area contributed by atoms with E-state index in [9.17, 15) is 13.6 Å². The molecule has 166 valence electrons. The van der Waals surface area contributed by atoms with Crippen LogP contribution in [0.25, 0.3) is 11.4 Å². The monoisotopic (exact) mass is 439 g/mol. The molecule has 0 saturated carbocycles. The molecule has 0 aliphatic carbocycles. The zero-order valence-electron chi connectivity index (χ0n) is 17.6. The molecule has 32 heavy (non-hydrogen) atoms. The highest BCUT2D eigenvalue weighted by molar-refractivity contribution is 5.69. The topological polar surface area (TPSA) is 75.5 Å². The van der Waals surface area contributed by atoms with Crippen molar-refractivity contribution in [3.63, 3.8) is 0 Å². The molecule has 6 nitrogen and oxygen atoms in total. The van der Waals surface area contributed by atoms with Crippen LogP contribution in [0.5, 0.6) is 5.75 Å². The molecule has 0 radical (unpaired) electrons. The van der Waals surface area contributed by atoms with Crippen molar-refractivity contribution < 1.29 is 23.4 Å². The van der Waals surface area contributed by atoms with Crippen LogP contribution >= 0.6 is 0 Å². The fourth-order valence-corrected chi connectivity index (χ4v) is 3.63. The molecule has 2 heterocycles. The predicted molar refractivity (Wildman–Crippen MR) is 114 cm³/mol. The molecule has 2 aromatic carbocycles. The highest BCUT2D eigenvalue weighted by atomic mass is 19.2. The zero-order chi connectivity index (χ0) is 22.7. The molecule has 1 aromatic heterocycles. The first-order chi connectivity index (χ1) is 15.4. The Labute approximate surface area is 184 Å². The smallest absolute Gasteiger partial charge is 0.307 e. The van der Waals surface area contributed by atoms with E-state index in [0.29, 0.717) is 30.2 Å². The number of carboxylic acid groups (broad SMARTS) is 1. The predicted octanol–water partition coefficient (Wildman–Crippen LogP) is 4.08. The van der Waals surface area contributed by atoms with E-state index in [1.165, 1.54) is 6.07 Å². The Morgan fingerprint density at radius 1 is 1.19 bits per heavy atom. The lowest BCUT2D eigenvalue weighted by Gasteiger charge is -2.29. The minimum Gasteiger partial charge on any atom is -0.489 e. The van der Waals surface area contributed by atoms with Crippen LogP contribution in [0, 0.1) is 17.6 Å². The maximum Gasteiger partial charge on any atom is 0.307 e. The van der Waals surface area contributed by atoms with E-state index < -0.39 is 23.5 Å². The Morgan fingerprint density at radius 3 is 2.69 bits per heavy atom. The number of hydrogen-bond donors (Lipinski definition) is 1. The Morgan fingerprint density at radius 2 is 1.97 bits per heavy atom. The Hall–Kier alpha value is -3.39. The van der Waals surface area contributed by atoms with Gasteiger partial charge in [0.25, 0.3) is 0 Å². The van der Waals surface area contributed by atoms with Gasteiger partial charge >= 0.3 is 5.97 Å². The largest absolute Gasteiger partial charge is 0.489 e. The van der Waals surface area contributed by atoms with Crippen molar-refractivity contribution >= 4 is 5.97 Å². The quantitative estimate of drug-likeness (QED) is 0.598. The number of fused-ring (bicyclic) bond motifs is 1. The summed E-state index contributed by atoms with van der Waals surface area (Å²) in [5, 5.41) is 9.11. The van der Waals surface area contributed by atoms with Gasteiger partial charge in [-0.25, -0.2) is 18.7 Å². The second-order valence-electron chi connectivity index (χ2n) is 7.95. The molecule has 3 aromatic rings. The van der Waals surface area contributed by atoms with Crippen LogP contribution in [0.4, 0.5) is 8.78 Å². The number of halogens is 2. The van der Waals surface area contributed by atoms with Crippen LogP contribution in [-0.2, 0) is 24.4 Å². The summed E-state index contributed by atoms with van der Waals surface area (Å²) in [5.74, 6) is -1.78. The molecule has 0 amide bonds. The number of ether oxygens (including phenoxy) is 1. The van der Waals surface area contributed by atoms with Gasteiger partial charge in [0.15, 0.2) is 17.5 Å². The van der Waals surface area contributed by atoms with Crippen LogP contribution < -0.4 is 4.74 Å². The minimum absolute atomic E-state index is 0.128. The van der Waals surface area contributed by atoms with Crippen molar-refractivity contribution in [2.75, 3.05) is 13.1 Å². The van der Waals surface area contributed by atoms with E-state index in [2.05, 4.69) is 9.88 Å². The molecule has 1 N–H and O–H groups in total. The summed E-state index contributed by atoms with van der Waals surface area (Å²) in [6, 6.07) is 11.0. The van der Waals surface area contributed by atoms with Gasteiger partial charge in [0, 0.05) is 43.4 Å². The lowest BCUT2D eigenvalue weighted by molar-refractivity contribution is -0.141. The van der Waals surface area contributed by atoms with Crippen molar-refractivity contribution in [1.29, 1.82) is 0 Å². The Kier molecular flexibility index (Phi) is 6.41. The third kappa shape index (κ3) is 5.08. The summed E-state index contributed by atoms with van der Waals surface area (Å²) in [5.41, 5.74) is 3.38. The van der Waals surface area contributed by atoms with Crippen molar-refractivity contribution in [3.05, 3.63) is 77.1 Å². The van der Waals surface area contributed by atoms with Crippen LogP contribution in [-0.4, -0.2) is 39.0 Å². The number of hydrogen-bond acceptors (Lipinski definition) is 5. The highest BCUT2D eigenvalue weighted by Gasteiger charge is 2.22. The van der Waals surface area contributed by atoms with Crippen LogP contribution in [0.1, 0.15) is 23.7 Å². The first kappa shape index (κ1) is 21.8. The molecule has 1 unspecified atom stereocenters.